The van der Waals surface area contributed by atoms with Crippen molar-refractivity contribution in [1.82, 2.24) is 15.8 Å². The van der Waals surface area contributed by atoms with Crippen molar-refractivity contribution in [1.29, 1.82) is 0 Å². The number of hydrogen-bond acceptors (Lipinski definition) is 4. The average Bonchev–Trinajstić information content (AvgIpc) is 3.37. The van der Waals surface area contributed by atoms with E-state index >= 15 is 0 Å². The molecular formula is C21H30N4O2. The van der Waals surface area contributed by atoms with E-state index in [1.54, 1.807) is 0 Å². The van der Waals surface area contributed by atoms with Crippen LogP contribution in [0, 0.1) is 5.92 Å². The molecule has 0 saturated heterocycles. The fourth-order valence-corrected chi connectivity index (χ4v) is 2.63. The predicted molar refractivity (Wildman–Crippen MR) is 107 cm³/mol. The molecule has 0 amide bonds. The second-order valence-corrected chi connectivity index (χ2v) is 7.28. The van der Waals surface area contributed by atoms with Crippen LogP contribution in [-0.2, 0) is 13.1 Å². The molecule has 1 aromatic heterocycles. The molecule has 1 aliphatic carbocycles. The summed E-state index contributed by atoms with van der Waals surface area (Å²) in [6.45, 7) is 8.96. The molecule has 6 heteroatoms. The summed E-state index contributed by atoms with van der Waals surface area (Å²) in [5.41, 5.74) is 2.06. The molecule has 27 heavy (non-hydrogen) atoms. The van der Waals surface area contributed by atoms with Gasteiger partial charge in [0.15, 0.2) is 11.7 Å². The molecule has 1 aromatic carbocycles. The molecule has 2 aromatic rings. The van der Waals surface area contributed by atoms with Gasteiger partial charge in [0.25, 0.3) is 0 Å². The van der Waals surface area contributed by atoms with Gasteiger partial charge in [0.1, 0.15) is 5.75 Å². The molecule has 0 spiro atoms. The van der Waals surface area contributed by atoms with Crippen LogP contribution in [0.4, 0.5) is 0 Å². The molecule has 2 N–H and O–H groups in total. The molecule has 0 unspecified atom stereocenters. The van der Waals surface area contributed by atoms with Crippen molar-refractivity contribution in [2.45, 2.75) is 52.6 Å². The van der Waals surface area contributed by atoms with Crippen molar-refractivity contribution in [3.8, 4) is 5.75 Å². The highest BCUT2D eigenvalue weighted by Gasteiger charge is 2.22. The minimum Gasteiger partial charge on any atom is -0.493 e. The third kappa shape index (κ3) is 6.01. The first-order valence-electron chi connectivity index (χ1n) is 9.84. The minimum absolute atomic E-state index is 0.358. The van der Waals surface area contributed by atoms with E-state index in [1.807, 2.05) is 24.3 Å². The largest absolute Gasteiger partial charge is 0.493 e. The number of aromatic nitrogens is 1. The number of nitrogens with one attached hydrogen (secondary N) is 2. The van der Waals surface area contributed by atoms with E-state index in [-0.39, 0.29) is 0 Å². The Morgan fingerprint density at radius 2 is 2.11 bits per heavy atom. The molecule has 1 heterocycles. The highest BCUT2D eigenvalue weighted by atomic mass is 16.5. The van der Waals surface area contributed by atoms with Gasteiger partial charge in [-0.25, -0.2) is 4.99 Å². The number of nitrogens with zero attached hydrogens (tertiary/aromatic N) is 2. The van der Waals surface area contributed by atoms with E-state index in [0.29, 0.717) is 19.0 Å². The third-order valence-corrected chi connectivity index (χ3v) is 4.49. The van der Waals surface area contributed by atoms with Crippen molar-refractivity contribution < 1.29 is 9.26 Å². The normalized spacial score (nSPS) is 14.4. The van der Waals surface area contributed by atoms with Crippen LogP contribution < -0.4 is 15.4 Å². The van der Waals surface area contributed by atoms with Crippen molar-refractivity contribution in [3.63, 3.8) is 0 Å². The molecule has 6 nitrogen and oxygen atoms in total. The Kier molecular flexibility index (Phi) is 6.74. The maximum atomic E-state index is 5.97. The van der Waals surface area contributed by atoms with Crippen LogP contribution in [0.3, 0.4) is 0 Å². The summed E-state index contributed by atoms with van der Waals surface area (Å²) in [6.07, 6.45) is 2.57. The molecule has 0 atom stereocenters. The minimum atomic E-state index is 0.358. The smallest absolute Gasteiger partial charge is 0.191 e. The van der Waals surface area contributed by atoms with Gasteiger partial charge >= 0.3 is 0 Å². The first-order chi connectivity index (χ1) is 13.2. The topological polar surface area (TPSA) is 71.7 Å². The molecular weight excluding hydrogens is 340 g/mol. The fourth-order valence-electron chi connectivity index (χ4n) is 2.63. The van der Waals surface area contributed by atoms with E-state index in [1.165, 1.54) is 12.8 Å². The summed E-state index contributed by atoms with van der Waals surface area (Å²) in [6, 6.07) is 10.1. The second-order valence-electron chi connectivity index (χ2n) is 7.28. The van der Waals surface area contributed by atoms with Crippen LogP contribution in [0.5, 0.6) is 5.75 Å². The number of guanidine groups is 1. The molecule has 0 bridgehead atoms. The first-order valence-corrected chi connectivity index (χ1v) is 9.84. The lowest BCUT2D eigenvalue weighted by Crippen LogP contribution is -2.36. The van der Waals surface area contributed by atoms with E-state index < -0.39 is 0 Å². The van der Waals surface area contributed by atoms with Gasteiger partial charge < -0.3 is 19.9 Å². The van der Waals surface area contributed by atoms with Gasteiger partial charge in [-0.15, -0.1) is 0 Å². The van der Waals surface area contributed by atoms with Crippen molar-refractivity contribution in [2.24, 2.45) is 10.9 Å². The highest BCUT2D eigenvalue weighted by Crippen LogP contribution is 2.30. The van der Waals surface area contributed by atoms with E-state index in [2.05, 4.69) is 42.6 Å². The maximum absolute atomic E-state index is 5.97. The molecule has 0 aliphatic heterocycles. The van der Waals surface area contributed by atoms with Crippen molar-refractivity contribution >= 4 is 5.96 Å². The molecule has 0 radical (unpaired) electrons. The van der Waals surface area contributed by atoms with Crippen LogP contribution >= 0.6 is 0 Å². The average molecular weight is 370 g/mol. The highest BCUT2D eigenvalue weighted by molar-refractivity contribution is 5.79. The lowest BCUT2D eigenvalue weighted by Gasteiger charge is -2.12. The molecule has 1 aliphatic rings. The summed E-state index contributed by atoms with van der Waals surface area (Å²) in [5, 5.41) is 10.7. The zero-order chi connectivity index (χ0) is 19.1. The standard InChI is InChI=1S/C21H30N4O2/c1-4-22-21(24-13-18-11-19(15(2)3)25-27-18)23-12-17-7-5-6-8-20(17)26-14-16-9-10-16/h5-8,11,15-16H,4,9-10,12-14H2,1-3H3,(H2,22,23,24). The number of para-hydroxylation sites is 1. The summed E-state index contributed by atoms with van der Waals surface area (Å²) in [7, 11) is 0. The van der Waals surface area contributed by atoms with Gasteiger partial charge in [-0.1, -0.05) is 37.2 Å². The Bertz CT molecular complexity index is 750. The van der Waals surface area contributed by atoms with E-state index in [0.717, 1.165) is 47.8 Å². The Balaban J connectivity index is 1.59. The Labute approximate surface area is 161 Å². The lowest BCUT2D eigenvalue weighted by molar-refractivity contribution is 0.297. The number of ether oxygens (including phenoxy) is 1. The zero-order valence-corrected chi connectivity index (χ0v) is 16.5. The molecule has 1 saturated carbocycles. The van der Waals surface area contributed by atoms with Gasteiger partial charge in [-0.2, -0.15) is 0 Å². The summed E-state index contributed by atoms with van der Waals surface area (Å²) >= 11 is 0. The van der Waals surface area contributed by atoms with Crippen molar-refractivity contribution in [3.05, 3.63) is 47.3 Å². The fraction of sp³-hybridized carbons (Fsp3) is 0.524. The quantitative estimate of drug-likeness (QED) is 0.518. The third-order valence-electron chi connectivity index (χ3n) is 4.49. The molecule has 1 fully saturated rings. The molecule has 146 valence electrons. The Morgan fingerprint density at radius 3 is 2.81 bits per heavy atom. The van der Waals surface area contributed by atoms with Gasteiger partial charge in [0, 0.05) is 18.2 Å². The van der Waals surface area contributed by atoms with Crippen LogP contribution in [-0.4, -0.2) is 24.3 Å². The SMILES string of the molecule is CCNC(=NCc1ccccc1OCC1CC1)NCc1cc(C(C)C)no1. The van der Waals surface area contributed by atoms with Crippen molar-refractivity contribution in [2.75, 3.05) is 13.2 Å². The van der Waals surface area contributed by atoms with Gasteiger partial charge in [-0.05, 0) is 37.7 Å². The Hall–Kier alpha value is -2.50. The monoisotopic (exact) mass is 370 g/mol. The van der Waals surface area contributed by atoms with E-state index in [9.17, 15) is 0 Å². The lowest BCUT2D eigenvalue weighted by atomic mass is 10.1. The predicted octanol–water partition coefficient (Wildman–Crippen LogP) is 3.84. The van der Waals surface area contributed by atoms with Crippen LogP contribution in [0.15, 0.2) is 39.8 Å². The number of benzene rings is 1. The Morgan fingerprint density at radius 1 is 1.30 bits per heavy atom. The van der Waals surface area contributed by atoms with Gasteiger partial charge in [0.2, 0.25) is 0 Å². The second kappa shape index (κ2) is 9.44. The number of rotatable bonds is 9. The van der Waals surface area contributed by atoms with Gasteiger partial charge in [0.05, 0.1) is 25.4 Å². The first kappa shape index (κ1) is 19.3. The summed E-state index contributed by atoms with van der Waals surface area (Å²) in [4.78, 5) is 4.70. The molecule has 3 rings (SSSR count). The number of hydrogen-bond donors (Lipinski definition) is 2. The summed E-state index contributed by atoms with van der Waals surface area (Å²) < 4.78 is 11.4. The number of aliphatic imine (C=N–C) groups is 1. The van der Waals surface area contributed by atoms with Crippen LogP contribution in [0.25, 0.3) is 0 Å². The van der Waals surface area contributed by atoms with E-state index in [4.69, 9.17) is 14.3 Å². The van der Waals surface area contributed by atoms with Gasteiger partial charge in [-0.3, -0.25) is 0 Å². The zero-order valence-electron chi connectivity index (χ0n) is 16.5. The summed E-state index contributed by atoms with van der Waals surface area (Å²) in [5.74, 6) is 3.57. The maximum Gasteiger partial charge on any atom is 0.191 e. The van der Waals surface area contributed by atoms with Crippen LogP contribution in [0.2, 0.25) is 0 Å². The van der Waals surface area contributed by atoms with Crippen LogP contribution in [0.1, 0.15) is 56.5 Å².